The highest BCUT2D eigenvalue weighted by atomic mass is 16.5. The van der Waals surface area contributed by atoms with E-state index in [9.17, 15) is 0 Å². The molecule has 1 aliphatic rings. The third-order valence-corrected chi connectivity index (χ3v) is 3.62. The van der Waals surface area contributed by atoms with E-state index in [1.54, 1.807) is 0 Å². The van der Waals surface area contributed by atoms with Gasteiger partial charge in [-0.05, 0) is 18.1 Å². The molecule has 2 rings (SSSR count). The van der Waals surface area contributed by atoms with Gasteiger partial charge in [-0.25, -0.2) is 0 Å². The van der Waals surface area contributed by atoms with Gasteiger partial charge in [-0.3, -0.25) is 4.99 Å². The predicted octanol–water partition coefficient (Wildman–Crippen LogP) is 2.30. The molecule has 0 aromatic heterocycles. The van der Waals surface area contributed by atoms with Gasteiger partial charge in [0.2, 0.25) is 0 Å². The molecule has 0 saturated carbocycles. The number of guanidine groups is 1. The van der Waals surface area contributed by atoms with Crippen LogP contribution in [-0.2, 0) is 6.42 Å². The van der Waals surface area contributed by atoms with Gasteiger partial charge in [-0.1, -0.05) is 31.5 Å². The number of unbranched alkanes of at least 4 members (excludes halogenated alkanes) is 1. The van der Waals surface area contributed by atoms with E-state index in [0.29, 0.717) is 0 Å². The molecule has 0 saturated heterocycles. The molecule has 1 unspecified atom stereocenters. The number of fused-ring (bicyclic) bond motifs is 1. The number of para-hydroxylation sites is 1. The lowest BCUT2D eigenvalue weighted by molar-refractivity contribution is 0.233. The summed E-state index contributed by atoms with van der Waals surface area (Å²) in [5.41, 5.74) is 1.30. The summed E-state index contributed by atoms with van der Waals surface area (Å²) in [7, 11) is 3.91. The van der Waals surface area contributed by atoms with Crippen LogP contribution in [0.2, 0.25) is 0 Å². The summed E-state index contributed by atoms with van der Waals surface area (Å²) in [4.78, 5) is 6.50. The molecule has 1 aromatic carbocycles. The van der Waals surface area contributed by atoms with E-state index in [4.69, 9.17) is 4.74 Å². The van der Waals surface area contributed by atoms with Gasteiger partial charge in [-0.15, -0.1) is 0 Å². The van der Waals surface area contributed by atoms with E-state index < -0.39 is 0 Å². The highest BCUT2D eigenvalue weighted by Gasteiger charge is 2.22. The Morgan fingerprint density at radius 3 is 2.95 bits per heavy atom. The van der Waals surface area contributed by atoms with Crippen molar-refractivity contribution in [1.29, 1.82) is 0 Å². The maximum absolute atomic E-state index is 5.93. The molecule has 4 nitrogen and oxygen atoms in total. The average molecular weight is 275 g/mol. The molecule has 1 aromatic rings. The van der Waals surface area contributed by atoms with Crippen molar-refractivity contribution in [3.8, 4) is 5.75 Å². The smallest absolute Gasteiger partial charge is 0.193 e. The van der Waals surface area contributed by atoms with Gasteiger partial charge in [0.1, 0.15) is 11.9 Å². The SMILES string of the molecule is CCCCN(C)C(=NC)NCC1Cc2ccccc2O1. The van der Waals surface area contributed by atoms with Crippen LogP contribution in [0.5, 0.6) is 5.75 Å². The summed E-state index contributed by atoms with van der Waals surface area (Å²) in [6.07, 6.45) is 3.55. The van der Waals surface area contributed by atoms with E-state index in [0.717, 1.165) is 31.2 Å². The Morgan fingerprint density at radius 2 is 2.25 bits per heavy atom. The van der Waals surface area contributed by atoms with E-state index >= 15 is 0 Å². The first kappa shape index (κ1) is 14.7. The fourth-order valence-corrected chi connectivity index (χ4v) is 2.46. The second-order valence-corrected chi connectivity index (χ2v) is 5.25. The molecule has 1 atom stereocenters. The van der Waals surface area contributed by atoms with Gasteiger partial charge in [0.15, 0.2) is 5.96 Å². The second kappa shape index (κ2) is 7.17. The highest BCUT2D eigenvalue weighted by Crippen LogP contribution is 2.27. The minimum Gasteiger partial charge on any atom is -0.488 e. The van der Waals surface area contributed by atoms with E-state index in [1.165, 1.54) is 18.4 Å². The third kappa shape index (κ3) is 3.65. The van der Waals surface area contributed by atoms with Gasteiger partial charge in [0, 0.05) is 27.1 Å². The van der Waals surface area contributed by atoms with Crippen LogP contribution in [0, 0.1) is 0 Å². The summed E-state index contributed by atoms with van der Waals surface area (Å²) >= 11 is 0. The van der Waals surface area contributed by atoms with Crippen LogP contribution in [-0.4, -0.2) is 44.1 Å². The Balaban J connectivity index is 1.81. The van der Waals surface area contributed by atoms with Gasteiger partial charge < -0.3 is 15.0 Å². The maximum atomic E-state index is 5.93. The number of ether oxygens (including phenoxy) is 1. The molecule has 1 heterocycles. The van der Waals surface area contributed by atoms with Crippen molar-refractivity contribution in [3.05, 3.63) is 29.8 Å². The minimum absolute atomic E-state index is 0.198. The van der Waals surface area contributed by atoms with Crippen LogP contribution in [0.25, 0.3) is 0 Å². The van der Waals surface area contributed by atoms with Gasteiger partial charge in [-0.2, -0.15) is 0 Å². The molecule has 0 bridgehead atoms. The predicted molar refractivity (Wildman–Crippen MR) is 83.5 cm³/mol. The number of aliphatic imine (C=N–C) groups is 1. The largest absolute Gasteiger partial charge is 0.488 e. The molecule has 1 N–H and O–H groups in total. The van der Waals surface area contributed by atoms with Crippen LogP contribution in [0.3, 0.4) is 0 Å². The number of nitrogens with one attached hydrogen (secondary N) is 1. The van der Waals surface area contributed by atoms with Crippen LogP contribution < -0.4 is 10.1 Å². The topological polar surface area (TPSA) is 36.9 Å². The number of hydrogen-bond donors (Lipinski definition) is 1. The molecule has 0 spiro atoms. The van der Waals surface area contributed by atoms with E-state index in [-0.39, 0.29) is 6.10 Å². The fourth-order valence-electron chi connectivity index (χ4n) is 2.46. The summed E-state index contributed by atoms with van der Waals surface area (Å²) in [5.74, 6) is 1.96. The molecule has 4 heteroatoms. The summed E-state index contributed by atoms with van der Waals surface area (Å²) < 4.78 is 5.93. The summed E-state index contributed by atoms with van der Waals surface area (Å²) in [6.45, 7) is 4.02. The zero-order valence-electron chi connectivity index (χ0n) is 12.7. The Labute approximate surface area is 121 Å². The van der Waals surface area contributed by atoms with Crippen molar-refractivity contribution in [1.82, 2.24) is 10.2 Å². The zero-order chi connectivity index (χ0) is 14.4. The number of benzene rings is 1. The van der Waals surface area contributed by atoms with Gasteiger partial charge >= 0.3 is 0 Å². The lowest BCUT2D eigenvalue weighted by Gasteiger charge is -2.23. The third-order valence-electron chi connectivity index (χ3n) is 3.62. The lowest BCUT2D eigenvalue weighted by Crippen LogP contribution is -2.43. The lowest BCUT2D eigenvalue weighted by atomic mass is 10.1. The molecule has 0 fully saturated rings. The van der Waals surface area contributed by atoms with E-state index in [1.807, 2.05) is 19.2 Å². The second-order valence-electron chi connectivity index (χ2n) is 5.25. The van der Waals surface area contributed by atoms with E-state index in [2.05, 4.69) is 41.3 Å². The Morgan fingerprint density at radius 1 is 1.45 bits per heavy atom. The molecular weight excluding hydrogens is 250 g/mol. The Hall–Kier alpha value is -1.71. The number of hydrogen-bond acceptors (Lipinski definition) is 2. The molecule has 0 aliphatic carbocycles. The van der Waals surface area contributed by atoms with Gasteiger partial charge in [0.25, 0.3) is 0 Å². The van der Waals surface area contributed by atoms with Gasteiger partial charge in [0.05, 0.1) is 6.54 Å². The van der Waals surface area contributed by atoms with Crippen LogP contribution in [0.4, 0.5) is 0 Å². The number of nitrogens with zero attached hydrogens (tertiary/aromatic N) is 2. The fraction of sp³-hybridized carbons (Fsp3) is 0.562. The molecule has 20 heavy (non-hydrogen) atoms. The first-order valence-corrected chi connectivity index (χ1v) is 7.41. The summed E-state index contributed by atoms with van der Waals surface area (Å²) in [5, 5.41) is 3.41. The molecule has 0 amide bonds. The maximum Gasteiger partial charge on any atom is 0.193 e. The van der Waals surface area contributed by atoms with Crippen molar-refractivity contribution < 1.29 is 4.74 Å². The zero-order valence-corrected chi connectivity index (χ0v) is 12.7. The Bertz CT molecular complexity index is 434. The Kier molecular flexibility index (Phi) is 5.27. The molecule has 0 radical (unpaired) electrons. The molecule has 110 valence electrons. The minimum atomic E-state index is 0.198. The summed E-state index contributed by atoms with van der Waals surface area (Å²) in [6, 6.07) is 8.26. The first-order valence-electron chi connectivity index (χ1n) is 7.41. The van der Waals surface area contributed by atoms with Crippen molar-refractivity contribution in [2.24, 2.45) is 4.99 Å². The van der Waals surface area contributed by atoms with Crippen molar-refractivity contribution in [2.75, 3.05) is 27.2 Å². The monoisotopic (exact) mass is 275 g/mol. The van der Waals surface area contributed by atoms with Crippen molar-refractivity contribution in [2.45, 2.75) is 32.3 Å². The molecular formula is C16H25N3O. The van der Waals surface area contributed by atoms with Crippen LogP contribution in [0.1, 0.15) is 25.3 Å². The van der Waals surface area contributed by atoms with Crippen LogP contribution in [0.15, 0.2) is 29.3 Å². The van der Waals surface area contributed by atoms with Crippen molar-refractivity contribution in [3.63, 3.8) is 0 Å². The van der Waals surface area contributed by atoms with Crippen LogP contribution >= 0.6 is 0 Å². The standard InChI is InChI=1S/C16H25N3O/c1-4-5-10-19(3)16(17-2)18-12-14-11-13-8-6-7-9-15(13)20-14/h6-9,14H,4-5,10-12H2,1-3H3,(H,17,18). The average Bonchev–Trinajstić information content (AvgIpc) is 2.88. The highest BCUT2D eigenvalue weighted by molar-refractivity contribution is 5.79. The normalized spacial score (nSPS) is 17.6. The quantitative estimate of drug-likeness (QED) is 0.662. The van der Waals surface area contributed by atoms with Crippen molar-refractivity contribution >= 4 is 5.96 Å². The number of rotatable bonds is 5. The molecule has 1 aliphatic heterocycles. The first-order chi connectivity index (χ1) is 9.74.